The summed E-state index contributed by atoms with van der Waals surface area (Å²) in [5.74, 6) is 0.193. The van der Waals surface area contributed by atoms with Crippen molar-refractivity contribution in [1.29, 1.82) is 0 Å². The molecule has 2 aromatic rings. The van der Waals surface area contributed by atoms with Crippen LogP contribution in [0, 0.1) is 0 Å². The summed E-state index contributed by atoms with van der Waals surface area (Å²) in [7, 11) is 0. The Labute approximate surface area is 133 Å². The van der Waals surface area contributed by atoms with Crippen molar-refractivity contribution in [3.63, 3.8) is 0 Å². The van der Waals surface area contributed by atoms with E-state index in [4.69, 9.17) is 10.6 Å². The van der Waals surface area contributed by atoms with Crippen molar-refractivity contribution in [1.82, 2.24) is 5.32 Å². The number of nitrogens with one attached hydrogen (secondary N) is 1. The van der Waals surface area contributed by atoms with Gasteiger partial charge in [0.15, 0.2) is 12.1 Å². The highest BCUT2D eigenvalue weighted by Crippen LogP contribution is 2.36. The van der Waals surface area contributed by atoms with Crippen LogP contribution in [0.3, 0.4) is 0 Å². The van der Waals surface area contributed by atoms with Crippen LogP contribution in [-0.4, -0.2) is 24.7 Å². The molecule has 6 nitrogen and oxygen atoms in total. The van der Waals surface area contributed by atoms with Crippen molar-refractivity contribution in [3.8, 4) is 0 Å². The molecule has 1 amide bonds. The first kappa shape index (κ1) is 14.8. The smallest absolute Gasteiger partial charge is 0.262 e. The van der Waals surface area contributed by atoms with E-state index in [1.165, 1.54) is 0 Å². The highest BCUT2D eigenvalue weighted by atomic mass is 16.6. The molecule has 0 aromatic heterocycles. The maximum Gasteiger partial charge on any atom is 0.262 e. The van der Waals surface area contributed by atoms with Crippen LogP contribution < -0.4 is 11.1 Å². The molecule has 0 saturated carbocycles. The van der Waals surface area contributed by atoms with Crippen LogP contribution in [0.25, 0.3) is 0 Å². The van der Waals surface area contributed by atoms with E-state index in [2.05, 4.69) is 15.5 Å². The number of benzene rings is 2. The van der Waals surface area contributed by atoms with Gasteiger partial charge in [-0.3, -0.25) is 4.79 Å². The second-order valence-electron chi connectivity index (χ2n) is 4.98. The molecule has 116 valence electrons. The molecule has 23 heavy (non-hydrogen) atoms. The lowest BCUT2D eigenvalue weighted by Crippen LogP contribution is -2.38. The van der Waals surface area contributed by atoms with Crippen molar-refractivity contribution in [2.75, 3.05) is 6.61 Å². The Morgan fingerprint density at radius 3 is 2.17 bits per heavy atom. The van der Waals surface area contributed by atoms with Crippen LogP contribution in [0.5, 0.6) is 0 Å². The summed E-state index contributed by atoms with van der Waals surface area (Å²) >= 11 is 0. The monoisotopic (exact) mass is 308 g/mol. The van der Waals surface area contributed by atoms with Crippen molar-refractivity contribution in [2.24, 2.45) is 15.9 Å². The van der Waals surface area contributed by atoms with Gasteiger partial charge in [-0.2, -0.15) is 0 Å². The fourth-order valence-electron chi connectivity index (χ4n) is 2.63. The maximum atomic E-state index is 12.8. The fourth-order valence-corrected chi connectivity index (χ4v) is 2.63. The van der Waals surface area contributed by atoms with Crippen molar-refractivity contribution in [2.45, 2.75) is 5.54 Å². The summed E-state index contributed by atoms with van der Waals surface area (Å²) in [6, 6.07) is 18.9. The Balaban J connectivity index is 2.08. The van der Waals surface area contributed by atoms with Gasteiger partial charge in [0.1, 0.15) is 12.2 Å². The number of oxime groups is 1. The normalized spacial score (nSPS) is 16.2. The van der Waals surface area contributed by atoms with Gasteiger partial charge in [0.25, 0.3) is 5.91 Å². The second kappa shape index (κ2) is 6.31. The fraction of sp³-hybridized carbons (Fsp3) is 0.118. The average molecular weight is 308 g/mol. The van der Waals surface area contributed by atoms with Crippen LogP contribution in [0.2, 0.25) is 0 Å². The van der Waals surface area contributed by atoms with E-state index in [1.54, 1.807) is 0 Å². The third kappa shape index (κ3) is 2.66. The number of nitrogens with zero attached hydrogens (tertiary/aromatic N) is 2. The van der Waals surface area contributed by atoms with E-state index < -0.39 is 5.54 Å². The number of rotatable bonds is 5. The predicted octanol–water partition coefficient (Wildman–Crippen LogP) is 1.38. The van der Waals surface area contributed by atoms with Crippen LogP contribution in [0.15, 0.2) is 70.8 Å². The summed E-state index contributed by atoms with van der Waals surface area (Å²) in [5, 5.41) is 6.25. The number of amides is 1. The van der Waals surface area contributed by atoms with E-state index in [-0.39, 0.29) is 12.5 Å². The molecule has 3 rings (SSSR count). The lowest BCUT2D eigenvalue weighted by molar-refractivity contribution is -0.122. The molecule has 1 aliphatic rings. The molecule has 0 aliphatic carbocycles. The van der Waals surface area contributed by atoms with Crippen LogP contribution in [0.4, 0.5) is 0 Å². The van der Waals surface area contributed by atoms with Gasteiger partial charge in [0.2, 0.25) is 0 Å². The zero-order chi connectivity index (χ0) is 16.1. The standard InChI is InChI=1S/C17H16N4O2/c18-12-19-23-11-15-20-16(22)17(21-15,13-7-3-1-4-8-13)14-9-5-2-6-10-14/h1-10,12H,11H2,(H2,18,19)(H,20,21,22). The van der Waals surface area contributed by atoms with Gasteiger partial charge in [-0.25, -0.2) is 4.99 Å². The predicted molar refractivity (Wildman–Crippen MR) is 87.9 cm³/mol. The largest absolute Gasteiger partial charge is 0.387 e. The van der Waals surface area contributed by atoms with E-state index in [0.29, 0.717) is 5.84 Å². The summed E-state index contributed by atoms with van der Waals surface area (Å²) in [6.45, 7) is 0.0425. The molecule has 0 atom stereocenters. The van der Waals surface area contributed by atoms with Crippen LogP contribution in [-0.2, 0) is 15.2 Å². The van der Waals surface area contributed by atoms with Crippen molar-refractivity contribution in [3.05, 3.63) is 71.8 Å². The second-order valence-corrected chi connectivity index (χ2v) is 4.98. The van der Waals surface area contributed by atoms with Gasteiger partial charge in [0, 0.05) is 0 Å². The first-order valence-corrected chi connectivity index (χ1v) is 7.14. The summed E-state index contributed by atoms with van der Waals surface area (Å²) in [6.07, 6.45) is 1.04. The van der Waals surface area contributed by atoms with E-state index in [0.717, 1.165) is 17.5 Å². The Hall–Kier alpha value is -3.15. The van der Waals surface area contributed by atoms with Gasteiger partial charge in [-0.05, 0) is 11.1 Å². The summed E-state index contributed by atoms with van der Waals surface area (Å²) < 4.78 is 0. The number of hydrogen-bond donors (Lipinski definition) is 2. The molecule has 1 aliphatic heterocycles. The average Bonchev–Trinajstić information content (AvgIpc) is 2.94. The maximum absolute atomic E-state index is 12.8. The van der Waals surface area contributed by atoms with Crippen molar-refractivity contribution < 1.29 is 9.63 Å². The molecule has 0 bridgehead atoms. The summed E-state index contributed by atoms with van der Waals surface area (Å²) in [5.41, 5.74) is 5.60. The SMILES string of the molecule is N/C=N/OCC1=NC(c2ccccc2)(c2ccccc2)C(=O)N1. The van der Waals surface area contributed by atoms with Gasteiger partial charge in [-0.1, -0.05) is 65.8 Å². The number of amidine groups is 1. The molecule has 2 aromatic carbocycles. The number of hydrogen-bond acceptors (Lipinski definition) is 4. The Morgan fingerprint density at radius 1 is 1.09 bits per heavy atom. The first-order valence-electron chi connectivity index (χ1n) is 7.14. The quantitative estimate of drug-likeness (QED) is 0.497. The molecule has 0 radical (unpaired) electrons. The molecule has 0 unspecified atom stereocenters. The molecule has 6 heteroatoms. The molecule has 1 heterocycles. The number of carbonyl (C=O) groups excluding carboxylic acids is 1. The van der Waals surface area contributed by atoms with Gasteiger partial charge < -0.3 is 15.9 Å². The molecule has 0 saturated heterocycles. The molecular formula is C17H16N4O2. The highest BCUT2D eigenvalue weighted by molar-refractivity contribution is 6.10. The minimum absolute atomic E-state index is 0.0425. The third-order valence-electron chi connectivity index (χ3n) is 3.61. The molecular weight excluding hydrogens is 292 g/mol. The minimum atomic E-state index is -1.12. The summed E-state index contributed by atoms with van der Waals surface area (Å²) in [4.78, 5) is 22.4. The highest BCUT2D eigenvalue weighted by Gasteiger charge is 2.46. The van der Waals surface area contributed by atoms with Gasteiger partial charge >= 0.3 is 0 Å². The molecule has 0 fully saturated rings. The Morgan fingerprint density at radius 2 is 1.65 bits per heavy atom. The van der Waals surface area contributed by atoms with Crippen LogP contribution in [0.1, 0.15) is 11.1 Å². The van der Waals surface area contributed by atoms with Gasteiger partial charge in [-0.15, -0.1) is 0 Å². The lowest BCUT2D eigenvalue weighted by atomic mass is 9.83. The van der Waals surface area contributed by atoms with Crippen molar-refractivity contribution >= 4 is 18.1 Å². The number of nitrogens with two attached hydrogens (primary N) is 1. The van der Waals surface area contributed by atoms with E-state index in [1.807, 2.05) is 60.7 Å². The number of aliphatic imine (C=N–C) groups is 1. The van der Waals surface area contributed by atoms with E-state index in [9.17, 15) is 4.79 Å². The number of carbonyl (C=O) groups is 1. The topological polar surface area (TPSA) is 89.1 Å². The zero-order valence-corrected chi connectivity index (χ0v) is 12.3. The molecule has 3 N–H and O–H groups in total. The van der Waals surface area contributed by atoms with Crippen LogP contribution >= 0.6 is 0 Å². The first-order chi connectivity index (χ1) is 11.3. The van der Waals surface area contributed by atoms with E-state index >= 15 is 0 Å². The third-order valence-corrected chi connectivity index (χ3v) is 3.61. The zero-order valence-electron chi connectivity index (χ0n) is 12.3. The Bertz CT molecular complexity index is 702. The lowest BCUT2D eigenvalue weighted by Gasteiger charge is -2.24. The van der Waals surface area contributed by atoms with Gasteiger partial charge in [0.05, 0.1) is 0 Å². The Kier molecular flexibility index (Phi) is 4.05. The minimum Gasteiger partial charge on any atom is -0.387 e. The molecule has 0 spiro atoms.